The number of carbonyl (C=O) groups is 1. The Hall–Kier alpha value is -1.43. The lowest BCUT2D eigenvalue weighted by atomic mass is 10.1. The van der Waals surface area contributed by atoms with Gasteiger partial charge in [0.15, 0.2) is 0 Å². The lowest BCUT2D eigenvalue weighted by Crippen LogP contribution is -2.10. The maximum atomic E-state index is 12.6. The summed E-state index contributed by atoms with van der Waals surface area (Å²) in [7, 11) is 0. The fourth-order valence-electron chi connectivity index (χ4n) is 1.11. The van der Waals surface area contributed by atoms with Crippen molar-refractivity contribution in [3.05, 3.63) is 22.5 Å². The Bertz CT molecular complexity index is 412. The molecule has 7 heteroatoms. The predicted molar refractivity (Wildman–Crippen MR) is 51.8 cm³/mol. The monoisotopic (exact) mass is 251 g/mol. The molecular weight excluding hydrogens is 244 g/mol. The minimum atomic E-state index is -3.02. The van der Waals surface area contributed by atoms with Gasteiger partial charge in [0.1, 0.15) is 16.5 Å². The first kappa shape index (κ1) is 12.6. The van der Waals surface area contributed by atoms with E-state index in [1.54, 1.807) is 0 Å². The van der Waals surface area contributed by atoms with E-state index >= 15 is 0 Å². The summed E-state index contributed by atoms with van der Waals surface area (Å²) in [6, 6.07) is 0. The molecule has 4 nitrogen and oxygen atoms in total. The molecule has 0 saturated heterocycles. The minimum absolute atomic E-state index is 0.000886. The van der Waals surface area contributed by atoms with E-state index in [1.807, 2.05) is 0 Å². The fraction of sp³-hybridized carbons (Fsp3) is 0.333. The van der Waals surface area contributed by atoms with Gasteiger partial charge in [-0.25, -0.2) is 18.6 Å². The van der Waals surface area contributed by atoms with Gasteiger partial charge in [0.05, 0.1) is 18.4 Å². The molecule has 0 saturated carbocycles. The van der Waals surface area contributed by atoms with Crippen LogP contribution in [-0.4, -0.2) is 22.7 Å². The van der Waals surface area contributed by atoms with Crippen LogP contribution in [0.1, 0.15) is 29.3 Å². The molecule has 1 N–H and O–H groups in total. The van der Waals surface area contributed by atoms with Crippen molar-refractivity contribution in [3.8, 4) is 5.75 Å². The Morgan fingerprint density at radius 2 is 2.31 bits per heavy atom. The first-order valence-electron chi connectivity index (χ1n) is 4.31. The van der Waals surface area contributed by atoms with Crippen LogP contribution in [0.5, 0.6) is 5.75 Å². The molecule has 1 aromatic rings. The fourth-order valence-corrected chi connectivity index (χ4v) is 1.34. The summed E-state index contributed by atoms with van der Waals surface area (Å²) in [4.78, 5) is 14.7. The Morgan fingerprint density at radius 1 is 1.69 bits per heavy atom. The van der Waals surface area contributed by atoms with E-state index in [4.69, 9.17) is 11.6 Å². The van der Waals surface area contributed by atoms with Gasteiger partial charge in [0.25, 0.3) is 6.43 Å². The van der Waals surface area contributed by atoms with Crippen LogP contribution in [0.2, 0.25) is 5.15 Å². The molecule has 0 aromatic carbocycles. The van der Waals surface area contributed by atoms with Crippen LogP contribution in [0, 0.1) is 0 Å². The number of alkyl halides is 2. The molecule has 1 heterocycles. The standard InChI is InChI=1S/C9H8ClF2NO3/c1-2-16-9(15)5-4(14)3-13-7(10)6(5)8(11)12/h3,8,14H,2H2,1H3. The second-order valence-corrected chi connectivity index (χ2v) is 3.10. The molecule has 1 aromatic heterocycles. The Balaban J connectivity index is 3.34. The van der Waals surface area contributed by atoms with E-state index in [9.17, 15) is 18.7 Å². The van der Waals surface area contributed by atoms with Gasteiger partial charge in [-0.05, 0) is 6.92 Å². The average molecular weight is 252 g/mol. The average Bonchev–Trinajstić information content (AvgIpc) is 2.20. The Labute approximate surface area is 94.8 Å². The van der Waals surface area contributed by atoms with E-state index in [0.29, 0.717) is 0 Å². The molecule has 0 aliphatic heterocycles. The lowest BCUT2D eigenvalue weighted by Gasteiger charge is -2.10. The van der Waals surface area contributed by atoms with Gasteiger partial charge in [0.2, 0.25) is 0 Å². The first-order chi connectivity index (χ1) is 7.49. The van der Waals surface area contributed by atoms with Crippen LogP contribution in [0.15, 0.2) is 6.20 Å². The first-order valence-corrected chi connectivity index (χ1v) is 4.69. The van der Waals surface area contributed by atoms with Crippen LogP contribution in [-0.2, 0) is 4.74 Å². The highest BCUT2D eigenvalue weighted by Gasteiger charge is 2.27. The van der Waals surface area contributed by atoms with Crippen molar-refractivity contribution in [1.82, 2.24) is 4.98 Å². The Morgan fingerprint density at radius 3 is 2.81 bits per heavy atom. The molecule has 0 aliphatic carbocycles. The summed E-state index contributed by atoms with van der Waals surface area (Å²) in [5, 5.41) is 8.77. The van der Waals surface area contributed by atoms with Crippen molar-refractivity contribution < 1.29 is 23.4 Å². The van der Waals surface area contributed by atoms with Crippen molar-refractivity contribution in [2.75, 3.05) is 6.61 Å². The molecule has 16 heavy (non-hydrogen) atoms. The second kappa shape index (κ2) is 5.07. The van der Waals surface area contributed by atoms with Crippen molar-refractivity contribution in [3.63, 3.8) is 0 Å². The number of aromatic nitrogens is 1. The zero-order chi connectivity index (χ0) is 12.3. The third-order valence-electron chi connectivity index (χ3n) is 1.75. The number of aromatic hydroxyl groups is 1. The largest absolute Gasteiger partial charge is 0.505 e. The number of hydrogen-bond donors (Lipinski definition) is 1. The number of rotatable bonds is 3. The molecule has 0 amide bonds. The number of carbonyl (C=O) groups excluding carboxylic acids is 1. The maximum Gasteiger partial charge on any atom is 0.342 e. The highest BCUT2D eigenvalue weighted by Crippen LogP contribution is 2.33. The smallest absolute Gasteiger partial charge is 0.342 e. The number of hydrogen-bond acceptors (Lipinski definition) is 4. The zero-order valence-electron chi connectivity index (χ0n) is 8.21. The molecule has 1 rings (SSSR count). The molecule has 0 unspecified atom stereocenters. The predicted octanol–water partition coefficient (Wildman–Crippen LogP) is 2.55. The van der Waals surface area contributed by atoms with Crippen LogP contribution in [0.25, 0.3) is 0 Å². The molecular formula is C9H8ClF2NO3. The number of esters is 1. The highest BCUT2D eigenvalue weighted by molar-refractivity contribution is 6.30. The zero-order valence-corrected chi connectivity index (χ0v) is 8.96. The van der Waals surface area contributed by atoms with Crippen molar-refractivity contribution in [2.24, 2.45) is 0 Å². The van der Waals surface area contributed by atoms with Gasteiger partial charge < -0.3 is 9.84 Å². The summed E-state index contributed by atoms with van der Waals surface area (Å²) < 4.78 is 29.8. The normalized spacial score (nSPS) is 10.6. The van der Waals surface area contributed by atoms with Gasteiger partial charge >= 0.3 is 5.97 Å². The van der Waals surface area contributed by atoms with Gasteiger partial charge in [-0.2, -0.15) is 0 Å². The summed E-state index contributed by atoms with van der Waals surface area (Å²) >= 11 is 5.43. The van der Waals surface area contributed by atoms with Gasteiger partial charge in [-0.3, -0.25) is 0 Å². The number of halogens is 3. The number of nitrogens with zero attached hydrogens (tertiary/aromatic N) is 1. The minimum Gasteiger partial charge on any atom is -0.505 e. The van der Waals surface area contributed by atoms with Crippen LogP contribution < -0.4 is 0 Å². The summed E-state index contributed by atoms with van der Waals surface area (Å²) in [6.07, 6.45) is -2.20. The van der Waals surface area contributed by atoms with Crippen LogP contribution in [0.3, 0.4) is 0 Å². The van der Waals surface area contributed by atoms with Gasteiger partial charge in [0, 0.05) is 0 Å². The van der Waals surface area contributed by atoms with E-state index in [-0.39, 0.29) is 6.61 Å². The molecule has 0 aliphatic rings. The van der Waals surface area contributed by atoms with Crippen LogP contribution in [0.4, 0.5) is 8.78 Å². The molecule has 0 fully saturated rings. The highest BCUT2D eigenvalue weighted by atomic mass is 35.5. The summed E-state index contributed by atoms with van der Waals surface area (Å²) in [5.41, 5.74) is -1.46. The van der Waals surface area contributed by atoms with E-state index < -0.39 is 34.4 Å². The molecule has 0 bridgehead atoms. The van der Waals surface area contributed by atoms with E-state index in [1.165, 1.54) is 6.92 Å². The quantitative estimate of drug-likeness (QED) is 0.662. The maximum absolute atomic E-state index is 12.6. The second-order valence-electron chi connectivity index (χ2n) is 2.74. The van der Waals surface area contributed by atoms with Gasteiger partial charge in [-0.15, -0.1) is 0 Å². The van der Waals surface area contributed by atoms with E-state index in [0.717, 1.165) is 6.20 Å². The van der Waals surface area contributed by atoms with E-state index in [2.05, 4.69) is 9.72 Å². The van der Waals surface area contributed by atoms with Crippen molar-refractivity contribution in [2.45, 2.75) is 13.3 Å². The molecule has 0 radical (unpaired) electrons. The summed E-state index contributed by atoms with van der Waals surface area (Å²) in [5.74, 6) is -1.74. The topological polar surface area (TPSA) is 59.4 Å². The molecule has 0 atom stereocenters. The number of pyridine rings is 1. The van der Waals surface area contributed by atoms with Crippen molar-refractivity contribution in [1.29, 1.82) is 0 Å². The number of ether oxygens (including phenoxy) is 1. The third-order valence-corrected chi connectivity index (χ3v) is 2.05. The SMILES string of the molecule is CCOC(=O)c1c(O)cnc(Cl)c1C(F)F. The van der Waals surface area contributed by atoms with Crippen LogP contribution >= 0.6 is 11.6 Å². The lowest BCUT2D eigenvalue weighted by molar-refractivity contribution is 0.0511. The Kier molecular flexibility index (Phi) is 4.00. The summed E-state index contributed by atoms with van der Waals surface area (Å²) in [6.45, 7) is 1.51. The van der Waals surface area contributed by atoms with Gasteiger partial charge in [-0.1, -0.05) is 11.6 Å². The molecule has 0 spiro atoms. The van der Waals surface area contributed by atoms with Crippen molar-refractivity contribution >= 4 is 17.6 Å². The molecule has 88 valence electrons. The third kappa shape index (κ3) is 2.38.